The smallest absolute Gasteiger partial charge is 0.416 e. The van der Waals surface area contributed by atoms with Crippen LogP contribution in [0.15, 0.2) is 97.3 Å². The maximum absolute atomic E-state index is 13.6. The third-order valence-corrected chi connectivity index (χ3v) is 6.53. The highest BCUT2D eigenvalue weighted by atomic mass is 35.5. The zero-order chi connectivity index (χ0) is 26.0. The second-order valence-corrected chi connectivity index (χ2v) is 9.12. The standard InChI is InChI=1S/C28H21ClF3N3O2/c29-22-4-8-24(9-5-22)37-25-10-6-23(7-11-25)35-26(36)34-18-27(35,17-19-12-14-33-15-13-19)20-2-1-3-21(16-20)28(30,31)32/h1-16H,17-18H2,(H,34,36). The number of carbonyl (C=O) groups is 1. The van der Waals surface area contributed by atoms with E-state index in [4.69, 9.17) is 16.3 Å². The summed E-state index contributed by atoms with van der Waals surface area (Å²) in [5.41, 5.74) is -0.163. The van der Waals surface area contributed by atoms with Gasteiger partial charge in [-0.1, -0.05) is 23.7 Å². The van der Waals surface area contributed by atoms with E-state index in [-0.39, 0.29) is 13.0 Å². The molecule has 1 aliphatic rings. The van der Waals surface area contributed by atoms with E-state index in [0.717, 1.165) is 17.7 Å². The number of benzene rings is 3. The van der Waals surface area contributed by atoms with E-state index >= 15 is 0 Å². The van der Waals surface area contributed by atoms with Crippen molar-refractivity contribution in [2.45, 2.75) is 18.1 Å². The van der Waals surface area contributed by atoms with Crippen LogP contribution in [0, 0.1) is 0 Å². The first-order chi connectivity index (χ1) is 17.7. The Morgan fingerprint density at radius 1 is 0.946 bits per heavy atom. The molecule has 0 spiro atoms. The maximum Gasteiger partial charge on any atom is 0.416 e. The summed E-state index contributed by atoms with van der Waals surface area (Å²) >= 11 is 5.93. The predicted molar refractivity (Wildman–Crippen MR) is 135 cm³/mol. The van der Waals surface area contributed by atoms with Crippen LogP contribution in [-0.2, 0) is 18.1 Å². The van der Waals surface area contributed by atoms with Gasteiger partial charge in [0.2, 0.25) is 0 Å². The van der Waals surface area contributed by atoms with Gasteiger partial charge in [0.15, 0.2) is 0 Å². The number of anilines is 1. The van der Waals surface area contributed by atoms with Gasteiger partial charge in [0.25, 0.3) is 0 Å². The first-order valence-corrected chi connectivity index (χ1v) is 11.8. The van der Waals surface area contributed by atoms with E-state index in [9.17, 15) is 18.0 Å². The molecule has 1 aromatic heterocycles. The number of nitrogens with one attached hydrogen (secondary N) is 1. The number of ether oxygens (including phenoxy) is 1. The number of rotatable bonds is 6. The van der Waals surface area contributed by atoms with E-state index < -0.39 is 23.3 Å². The first kappa shape index (κ1) is 24.6. The molecule has 2 amide bonds. The highest BCUT2D eigenvalue weighted by Gasteiger charge is 2.48. The van der Waals surface area contributed by atoms with Crippen LogP contribution < -0.4 is 15.0 Å². The lowest BCUT2D eigenvalue weighted by molar-refractivity contribution is -0.137. The van der Waals surface area contributed by atoms with Crippen molar-refractivity contribution in [3.63, 3.8) is 0 Å². The van der Waals surface area contributed by atoms with Crippen LogP contribution in [0.5, 0.6) is 11.5 Å². The second-order valence-electron chi connectivity index (χ2n) is 8.69. The van der Waals surface area contributed by atoms with E-state index in [0.29, 0.717) is 27.8 Å². The van der Waals surface area contributed by atoms with Crippen molar-refractivity contribution in [2.75, 3.05) is 11.4 Å². The van der Waals surface area contributed by atoms with Gasteiger partial charge in [-0.05, 0) is 83.9 Å². The zero-order valence-corrected chi connectivity index (χ0v) is 20.1. The number of hydrogen-bond acceptors (Lipinski definition) is 3. The number of nitrogens with zero attached hydrogens (tertiary/aromatic N) is 2. The van der Waals surface area contributed by atoms with Crippen molar-refractivity contribution in [3.8, 4) is 11.5 Å². The van der Waals surface area contributed by atoms with E-state index in [1.54, 1.807) is 79.1 Å². The SMILES string of the molecule is O=C1NCC(Cc2ccncc2)(c2cccc(C(F)(F)F)c2)N1c1ccc(Oc2ccc(Cl)cc2)cc1. The molecule has 4 aromatic rings. The van der Waals surface area contributed by atoms with Crippen LogP contribution in [0.4, 0.5) is 23.7 Å². The number of urea groups is 1. The molecule has 9 heteroatoms. The van der Waals surface area contributed by atoms with E-state index in [1.165, 1.54) is 11.0 Å². The summed E-state index contributed by atoms with van der Waals surface area (Å²) in [6.07, 6.45) is -1.01. The van der Waals surface area contributed by atoms with Crippen LogP contribution in [0.3, 0.4) is 0 Å². The summed E-state index contributed by atoms with van der Waals surface area (Å²) in [6, 6.07) is 22.1. The van der Waals surface area contributed by atoms with Gasteiger partial charge in [-0.25, -0.2) is 4.79 Å². The highest BCUT2D eigenvalue weighted by Crippen LogP contribution is 2.42. The third-order valence-electron chi connectivity index (χ3n) is 6.28. The van der Waals surface area contributed by atoms with Crippen molar-refractivity contribution in [3.05, 3.63) is 119 Å². The van der Waals surface area contributed by atoms with Gasteiger partial charge >= 0.3 is 12.2 Å². The predicted octanol–water partition coefficient (Wildman–Crippen LogP) is 7.21. The first-order valence-electron chi connectivity index (χ1n) is 11.4. The Bertz CT molecular complexity index is 1400. The summed E-state index contributed by atoms with van der Waals surface area (Å²) in [7, 11) is 0. The Hall–Kier alpha value is -4.04. The van der Waals surface area contributed by atoms with Gasteiger partial charge in [-0.3, -0.25) is 9.88 Å². The molecule has 0 radical (unpaired) electrons. The van der Waals surface area contributed by atoms with Gasteiger partial charge in [0.05, 0.1) is 11.1 Å². The molecule has 3 aromatic carbocycles. The molecule has 0 bridgehead atoms. The molecule has 1 unspecified atom stereocenters. The molecule has 37 heavy (non-hydrogen) atoms. The van der Waals surface area contributed by atoms with Crippen LogP contribution in [0.25, 0.3) is 0 Å². The van der Waals surface area contributed by atoms with Crippen molar-refractivity contribution in [2.24, 2.45) is 0 Å². The van der Waals surface area contributed by atoms with Gasteiger partial charge in [0.1, 0.15) is 11.5 Å². The van der Waals surface area contributed by atoms with Crippen molar-refractivity contribution < 1.29 is 22.7 Å². The van der Waals surface area contributed by atoms with Crippen molar-refractivity contribution >= 4 is 23.3 Å². The Morgan fingerprint density at radius 2 is 1.59 bits per heavy atom. The summed E-state index contributed by atoms with van der Waals surface area (Å²) in [5, 5.41) is 3.43. The Labute approximate surface area is 216 Å². The lowest BCUT2D eigenvalue weighted by atomic mass is 9.82. The number of amides is 2. The molecule has 0 aliphatic carbocycles. The largest absolute Gasteiger partial charge is 0.457 e. The summed E-state index contributed by atoms with van der Waals surface area (Å²) in [5.74, 6) is 1.12. The van der Waals surface area contributed by atoms with Gasteiger partial charge in [0, 0.05) is 36.1 Å². The summed E-state index contributed by atoms with van der Waals surface area (Å²) in [6.45, 7) is 0.124. The van der Waals surface area contributed by atoms with Gasteiger partial charge in [-0.15, -0.1) is 0 Å². The molecular weight excluding hydrogens is 503 g/mol. The number of hydrogen-bond donors (Lipinski definition) is 1. The Kier molecular flexibility index (Phi) is 6.52. The molecular formula is C28H21ClF3N3O2. The fraction of sp³-hybridized carbons (Fsp3) is 0.143. The molecule has 1 aliphatic heterocycles. The third kappa shape index (κ3) is 5.11. The fourth-order valence-corrected chi connectivity index (χ4v) is 4.66. The minimum Gasteiger partial charge on any atom is -0.457 e. The number of aromatic nitrogens is 1. The van der Waals surface area contributed by atoms with Gasteiger partial charge < -0.3 is 10.1 Å². The number of halogens is 4. The van der Waals surface area contributed by atoms with Gasteiger partial charge in [-0.2, -0.15) is 13.2 Å². The highest BCUT2D eigenvalue weighted by molar-refractivity contribution is 6.30. The minimum atomic E-state index is -4.52. The lowest BCUT2D eigenvalue weighted by Crippen LogP contribution is -2.47. The molecule has 188 valence electrons. The Morgan fingerprint density at radius 3 is 2.24 bits per heavy atom. The Balaban J connectivity index is 1.55. The lowest BCUT2D eigenvalue weighted by Gasteiger charge is -2.38. The molecule has 1 N–H and O–H groups in total. The molecule has 1 saturated heterocycles. The summed E-state index contributed by atoms with van der Waals surface area (Å²) < 4.78 is 46.7. The molecule has 2 heterocycles. The zero-order valence-electron chi connectivity index (χ0n) is 19.4. The van der Waals surface area contributed by atoms with Crippen LogP contribution in [0.2, 0.25) is 5.02 Å². The number of carbonyl (C=O) groups excluding carboxylic acids is 1. The topological polar surface area (TPSA) is 54.5 Å². The molecule has 1 atom stereocenters. The quantitative estimate of drug-likeness (QED) is 0.290. The maximum atomic E-state index is 13.6. The monoisotopic (exact) mass is 523 g/mol. The molecule has 0 saturated carbocycles. The average Bonchev–Trinajstić information content (AvgIpc) is 3.23. The van der Waals surface area contributed by atoms with Crippen molar-refractivity contribution in [1.29, 1.82) is 0 Å². The second kappa shape index (κ2) is 9.78. The van der Waals surface area contributed by atoms with Crippen LogP contribution >= 0.6 is 11.6 Å². The van der Waals surface area contributed by atoms with Crippen LogP contribution in [0.1, 0.15) is 16.7 Å². The summed E-state index contributed by atoms with van der Waals surface area (Å²) in [4.78, 5) is 18.7. The fourth-order valence-electron chi connectivity index (χ4n) is 4.54. The van der Waals surface area contributed by atoms with E-state index in [1.807, 2.05) is 0 Å². The number of pyridine rings is 1. The normalized spacial score (nSPS) is 17.5. The minimum absolute atomic E-state index is 0.124. The van der Waals surface area contributed by atoms with Crippen LogP contribution in [-0.4, -0.2) is 17.6 Å². The molecule has 1 fully saturated rings. The average molecular weight is 524 g/mol. The van der Waals surface area contributed by atoms with E-state index in [2.05, 4.69) is 10.3 Å². The number of alkyl halides is 3. The molecule has 5 nitrogen and oxygen atoms in total. The van der Waals surface area contributed by atoms with Crippen molar-refractivity contribution in [1.82, 2.24) is 10.3 Å². The molecule has 5 rings (SSSR count).